The van der Waals surface area contributed by atoms with Crippen LogP contribution >= 0.6 is 0 Å². The first-order valence-electron chi connectivity index (χ1n) is 14.8. The molecule has 226 valence electrons. The number of aryl methyl sites for hydroxylation is 2. The molecule has 2 heterocycles. The summed E-state index contributed by atoms with van der Waals surface area (Å²) in [7, 11) is 0. The summed E-state index contributed by atoms with van der Waals surface area (Å²) in [6.07, 6.45) is 2.19. The summed E-state index contributed by atoms with van der Waals surface area (Å²) in [5, 5.41) is 28.4. The fraction of sp³-hybridized carbons (Fsp3) is 0.455. The van der Waals surface area contributed by atoms with Crippen molar-refractivity contribution in [3.8, 4) is 11.1 Å². The van der Waals surface area contributed by atoms with Crippen molar-refractivity contribution < 1.29 is 19.7 Å². The minimum atomic E-state index is -0.788. The topological polar surface area (TPSA) is 136 Å². The molecule has 4 rings (SSSR count). The van der Waals surface area contributed by atoms with Gasteiger partial charge in [0.25, 0.3) is 11.5 Å². The van der Waals surface area contributed by atoms with Gasteiger partial charge in [-0.3, -0.25) is 9.59 Å². The van der Waals surface area contributed by atoms with Crippen molar-refractivity contribution in [1.29, 1.82) is 0 Å². The van der Waals surface area contributed by atoms with Crippen molar-refractivity contribution in [2.24, 2.45) is 0 Å². The number of H-pyrrole nitrogens is 1. The number of benzene rings is 2. The molecular weight excluding hydrogens is 532 g/mol. The van der Waals surface area contributed by atoms with Crippen LogP contribution in [-0.4, -0.2) is 59.1 Å². The molecule has 0 bridgehead atoms. The second kappa shape index (κ2) is 14.6. The molecule has 0 saturated carbocycles. The van der Waals surface area contributed by atoms with Crippen molar-refractivity contribution >= 4 is 11.6 Å². The molecule has 9 heteroatoms. The van der Waals surface area contributed by atoms with Gasteiger partial charge in [-0.2, -0.15) is 0 Å². The number of carbonyl (C=O) groups excluding carboxylic acids is 1. The number of carbonyl (C=O) groups is 1. The maximum atomic E-state index is 13.6. The zero-order valence-corrected chi connectivity index (χ0v) is 25.0. The number of amides is 1. The van der Waals surface area contributed by atoms with E-state index in [1.54, 1.807) is 0 Å². The lowest BCUT2D eigenvalue weighted by molar-refractivity contribution is 0.00924. The summed E-state index contributed by atoms with van der Waals surface area (Å²) in [6, 6.07) is 14.2. The molecule has 1 saturated heterocycles. The van der Waals surface area contributed by atoms with Crippen LogP contribution in [0, 0.1) is 20.8 Å². The number of aromatic nitrogens is 1. The summed E-state index contributed by atoms with van der Waals surface area (Å²) >= 11 is 0. The predicted octanol–water partition coefficient (Wildman–Crippen LogP) is 3.71. The Morgan fingerprint density at radius 3 is 2.55 bits per heavy atom. The van der Waals surface area contributed by atoms with Gasteiger partial charge < -0.3 is 35.9 Å². The maximum absolute atomic E-state index is 13.6. The first-order valence-corrected chi connectivity index (χ1v) is 14.8. The molecule has 1 aliphatic rings. The van der Waals surface area contributed by atoms with E-state index < -0.39 is 6.10 Å². The van der Waals surface area contributed by atoms with Crippen LogP contribution in [0.1, 0.15) is 64.5 Å². The van der Waals surface area contributed by atoms with E-state index in [9.17, 15) is 14.7 Å². The molecule has 1 amide bonds. The lowest BCUT2D eigenvalue weighted by Gasteiger charge is -2.31. The number of aliphatic hydroxyl groups is 2. The van der Waals surface area contributed by atoms with Crippen LogP contribution in [0.2, 0.25) is 0 Å². The van der Waals surface area contributed by atoms with E-state index >= 15 is 0 Å². The van der Waals surface area contributed by atoms with E-state index in [-0.39, 0.29) is 36.8 Å². The molecule has 1 fully saturated rings. The summed E-state index contributed by atoms with van der Waals surface area (Å²) in [6.45, 7) is 9.24. The van der Waals surface area contributed by atoms with Gasteiger partial charge in [-0.25, -0.2) is 0 Å². The van der Waals surface area contributed by atoms with Crippen molar-refractivity contribution in [2.75, 3.05) is 25.1 Å². The van der Waals surface area contributed by atoms with Crippen LogP contribution < -0.4 is 21.5 Å². The monoisotopic (exact) mass is 576 g/mol. The van der Waals surface area contributed by atoms with Crippen LogP contribution in [-0.2, 0) is 17.8 Å². The smallest absolute Gasteiger partial charge is 0.253 e. The van der Waals surface area contributed by atoms with Gasteiger partial charge in [0.05, 0.1) is 18.8 Å². The minimum absolute atomic E-state index is 0.136. The van der Waals surface area contributed by atoms with E-state index in [0.717, 1.165) is 58.5 Å². The Morgan fingerprint density at radius 1 is 1.10 bits per heavy atom. The standard InChI is InChI=1S/C33H44N4O5/c1-5-28-15-26(10-11-42-28)37-31-14-25(24-8-6-23(7-9-24)16-34-17-27(39)19-38)13-29(22(31)4)32(40)35-18-30-20(2)12-21(3)36-33(30)41/h6-9,12-14,26-28,34,37-39H,5,10-11,15-19H2,1-4H3,(H,35,40)(H,36,41)/t26?,27?,28-/m1/s1. The van der Waals surface area contributed by atoms with E-state index in [1.807, 2.05) is 57.2 Å². The molecule has 3 aromatic rings. The van der Waals surface area contributed by atoms with Gasteiger partial charge in [0, 0.05) is 54.8 Å². The van der Waals surface area contributed by atoms with Crippen LogP contribution in [0.25, 0.3) is 11.1 Å². The Labute approximate surface area is 247 Å². The number of aliphatic hydroxyl groups excluding tert-OH is 2. The molecule has 0 radical (unpaired) electrons. The number of hydrogen-bond donors (Lipinski definition) is 6. The number of anilines is 1. The van der Waals surface area contributed by atoms with Gasteiger partial charge in [0.2, 0.25) is 0 Å². The number of ether oxygens (including phenoxy) is 1. The third kappa shape index (κ3) is 8.07. The zero-order valence-electron chi connectivity index (χ0n) is 25.0. The van der Waals surface area contributed by atoms with Gasteiger partial charge >= 0.3 is 0 Å². The highest BCUT2D eigenvalue weighted by Gasteiger charge is 2.23. The highest BCUT2D eigenvalue weighted by atomic mass is 16.5. The maximum Gasteiger partial charge on any atom is 0.253 e. The number of nitrogens with one attached hydrogen (secondary N) is 4. The predicted molar refractivity (Wildman–Crippen MR) is 166 cm³/mol. The molecular formula is C33H44N4O5. The quantitative estimate of drug-likeness (QED) is 0.194. The Morgan fingerprint density at radius 2 is 1.86 bits per heavy atom. The second-order valence-electron chi connectivity index (χ2n) is 11.3. The van der Waals surface area contributed by atoms with Crippen LogP contribution in [0.5, 0.6) is 0 Å². The summed E-state index contributed by atoms with van der Waals surface area (Å²) in [4.78, 5) is 28.9. The lowest BCUT2D eigenvalue weighted by atomic mass is 9.95. The van der Waals surface area contributed by atoms with Gasteiger partial charge in [-0.1, -0.05) is 31.2 Å². The fourth-order valence-electron chi connectivity index (χ4n) is 5.41. The average molecular weight is 577 g/mol. The molecule has 9 nitrogen and oxygen atoms in total. The van der Waals surface area contributed by atoms with Crippen molar-refractivity contribution in [2.45, 2.75) is 78.3 Å². The molecule has 1 aliphatic heterocycles. The van der Waals surface area contributed by atoms with Crippen LogP contribution in [0.3, 0.4) is 0 Å². The highest BCUT2D eigenvalue weighted by molar-refractivity contribution is 5.98. The average Bonchev–Trinajstić information content (AvgIpc) is 2.98. The minimum Gasteiger partial charge on any atom is -0.394 e. The molecule has 6 N–H and O–H groups in total. The molecule has 2 aromatic carbocycles. The van der Waals surface area contributed by atoms with E-state index in [2.05, 4.69) is 33.9 Å². The number of pyridine rings is 1. The van der Waals surface area contributed by atoms with Crippen molar-refractivity contribution in [1.82, 2.24) is 15.6 Å². The Bertz CT molecular complexity index is 1420. The van der Waals surface area contributed by atoms with Crippen LogP contribution in [0.4, 0.5) is 5.69 Å². The molecule has 0 spiro atoms. The van der Waals surface area contributed by atoms with E-state index in [4.69, 9.17) is 9.84 Å². The lowest BCUT2D eigenvalue weighted by Crippen LogP contribution is -2.34. The fourth-order valence-corrected chi connectivity index (χ4v) is 5.41. The molecule has 1 aromatic heterocycles. The van der Waals surface area contributed by atoms with Gasteiger partial charge in [0.1, 0.15) is 0 Å². The van der Waals surface area contributed by atoms with Gasteiger partial charge in [-0.05, 0) is 86.1 Å². The SMILES string of the molecule is CC[C@@H]1CC(Nc2cc(-c3ccc(CNCC(O)CO)cc3)cc(C(=O)NCc3c(C)cc(C)[nH]c3=O)c2C)CCO1. The Kier molecular flexibility index (Phi) is 10.9. The molecule has 0 aliphatic carbocycles. The van der Waals surface area contributed by atoms with Crippen molar-refractivity contribution in [3.05, 3.63) is 86.3 Å². The molecule has 3 atom stereocenters. The highest BCUT2D eigenvalue weighted by Crippen LogP contribution is 2.31. The summed E-state index contributed by atoms with van der Waals surface area (Å²) in [5.74, 6) is -0.238. The first-order chi connectivity index (χ1) is 20.2. The first kappa shape index (κ1) is 31.4. The van der Waals surface area contributed by atoms with Gasteiger partial charge in [0.15, 0.2) is 0 Å². The summed E-state index contributed by atoms with van der Waals surface area (Å²) in [5.41, 5.74) is 7.22. The molecule has 42 heavy (non-hydrogen) atoms. The number of aromatic amines is 1. The third-order valence-electron chi connectivity index (χ3n) is 7.96. The normalized spacial score (nSPS) is 17.6. The summed E-state index contributed by atoms with van der Waals surface area (Å²) < 4.78 is 5.88. The van der Waals surface area contributed by atoms with E-state index in [1.165, 1.54) is 0 Å². The number of rotatable bonds is 12. The largest absolute Gasteiger partial charge is 0.394 e. The third-order valence-corrected chi connectivity index (χ3v) is 7.96. The molecule has 2 unspecified atom stereocenters. The zero-order chi connectivity index (χ0) is 30.2. The van der Waals surface area contributed by atoms with Crippen LogP contribution in [0.15, 0.2) is 47.3 Å². The second-order valence-corrected chi connectivity index (χ2v) is 11.3. The Balaban J connectivity index is 1.60. The number of hydrogen-bond acceptors (Lipinski definition) is 7. The van der Waals surface area contributed by atoms with E-state index in [0.29, 0.717) is 30.8 Å². The van der Waals surface area contributed by atoms with Crippen molar-refractivity contribution in [3.63, 3.8) is 0 Å². The Hall–Kier alpha value is -3.50. The van der Waals surface area contributed by atoms with Gasteiger partial charge in [-0.15, -0.1) is 0 Å².